The lowest BCUT2D eigenvalue weighted by Gasteiger charge is -2.06. The topological polar surface area (TPSA) is 75.6 Å². The average Bonchev–Trinajstić information content (AvgIpc) is 3.29. The number of aromatic nitrogens is 3. The molecule has 4 rings (SSSR count). The summed E-state index contributed by atoms with van der Waals surface area (Å²) in [5, 5.41) is 17.2. The number of furan rings is 1. The van der Waals surface area contributed by atoms with E-state index in [2.05, 4.69) is 15.4 Å². The molecule has 0 atom stereocenters. The van der Waals surface area contributed by atoms with Gasteiger partial charge in [0.05, 0.1) is 31.3 Å². The van der Waals surface area contributed by atoms with Crippen LogP contribution >= 0.6 is 0 Å². The molecule has 0 saturated carbocycles. The van der Waals surface area contributed by atoms with Gasteiger partial charge in [-0.15, -0.1) is 5.10 Å². The van der Waals surface area contributed by atoms with Crippen molar-refractivity contribution in [2.45, 2.75) is 13.2 Å². The first-order chi connectivity index (χ1) is 11.8. The molecule has 0 bridgehead atoms. The fourth-order valence-electron chi connectivity index (χ4n) is 2.58. The maximum Gasteiger partial charge on any atom is 0.154 e. The van der Waals surface area contributed by atoms with E-state index in [9.17, 15) is 5.11 Å². The van der Waals surface area contributed by atoms with E-state index in [-0.39, 0.29) is 6.61 Å². The second-order valence-electron chi connectivity index (χ2n) is 5.42. The molecule has 0 unspecified atom stereocenters. The van der Waals surface area contributed by atoms with Gasteiger partial charge in [-0.05, 0) is 35.9 Å². The first-order valence-electron chi connectivity index (χ1n) is 7.65. The van der Waals surface area contributed by atoms with Gasteiger partial charge in [-0.3, -0.25) is 0 Å². The summed E-state index contributed by atoms with van der Waals surface area (Å²) in [6.45, 7) is 0.573. The zero-order chi connectivity index (χ0) is 16.4. The first kappa shape index (κ1) is 14.5. The van der Waals surface area contributed by atoms with Gasteiger partial charge in [0.15, 0.2) is 5.65 Å². The van der Waals surface area contributed by atoms with Crippen molar-refractivity contribution in [2.24, 2.45) is 0 Å². The Labute approximate surface area is 138 Å². The Morgan fingerprint density at radius 2 is 2.08 bits per heavy atom. The van der Waals surface area contributed by atoms with Crippen molar-refractivity contribution in [3.8, 4) is 11.3 Å². The molecule has 0 radical (unpaired) electrons. The van der Waals surface area contributed by atoms with Crippen LogP contribution in [0.15, 0.2) is 65.4 Å². The third-order valence-corrected chi connectivity index (χ3v) is 3.79. The first-order valence-corrected chi connectivity index (χ1v) is 7.65. The molecule has 3 heterocycles. The Hall–Kier alpha value is -3.12. The lowest BCUT2D eigenvalue weighted by atomic mass is 10.1. The average molecular weight is 320 g/mol. The number of hydrogen-bond donors (Lipinski definition) is 2. The predicted octanol–water partition coefficient (Wildman–Crippen LogP) is 3.09. The number of rotatable bonds is 5. The fraction of sp³-hybridized carbons (Fsp3) is 0.111. The SMILES string of the molecule is OCc1cccc(-c2cnc3ccc(NCc4ccco4)nn23)c1. The molecule has 2 N–H and O–H groups in total. The molecular weight excluding hydrogens is 304 g/mol. The smallest absolute Gasteiger partial charge is 0.154 e. The van der Waals surface area contributed by atoms with E-state index in [4.69, 9.17) is 4.42 Å². The van der Waals surface area contributed by atoms with E-state index in [0.717, 1.165) is 34.0 Å². The predicted molar refractivity (Wildman–Crippen MR) is 90.4 cm³/mol. The molecule has 0 saturated heterocycles. The van der Waals surface area contributed by atoms with Crippen molar-refractivity contribution in [1.29, 1.82) is 0 Å². The van der Waals surface area contributed by atoms with Crippen molar-refractivity contribution in [3.05, 3.63) is 72.3 Å². The number of anilines is 1. The molecular formula is C18H16N4O2. The standard InChI is InChI=1S/C18H16N4O2/c23-12-13-3-1-4-14(9-13)16-11-20-18-7-6-17(21-22(16)18)19-10-15-5-2-8-24-15/h1-9,11,23H,10,12H2,(H,19,21). The van der Waals surface area contributed by atoms with Gasteiger partial charge < -0.3 is 14.8 Å². The Kier molecular flexibility index (Phi) is 3.72. The van der Waals surface area contributed by atoms with Gasteiger partial charge in [0, 0.05) is 5.56 Å². The van der Waals surface area contributed by atoms with Gasteiger partial charge in [-0.25, -0.2) is 9.50 Å². The van der Waals surface area contributed by atoms with Crippen LogP contribution in [0.5, 0.6) is 0 Å². The number of aliphatic hydroxyl groups is 1. The Morgan fingerprint density at radius 1 is 1.12 bits per heavy atom. The van der Waals surface area contributed by atoms with Gasteiger partial charge in [-0.1, -0.05) is 18.2 Å². The van der Waals surface area contributed by atoms with E-state index < -0.39 is 0 Å². The third-order valence-electron chi connectivity index (χ3n) is 3.79. The molecule has 0 spiro atoms. The summed E-state index contributed by atoms with van der Waals surface area (Å²) < 4.78 is 7.11. The zero-order valence-corrected chi connectivity index (χ0v) is 12.9. The molecule has 3 aromatic heterocycles. The maximum absolute atomic E-state index is 9.32. The summed E-state index contributed by atoms with van der Waals surface area (Å²) in [6.07, 6.45) is 3.44. The van der Waals surface area contributed by atoms with Crippen LogP contribution in [0.3, 0.4) is 0 Å². The fourth-order valence-corrected chi connectivity index (χ4v) is 2.58. The Balaban J connectivity index is 1.67. The second kappa shape index (κ2) is 6.17. The van der Waals surface area contributed by atoms with Gasteiger partial charge >= 0.3 is 0 Å². The number of aliphatic hydroxyl groups excluding tert-OH is 1. The molecule has 6 nitrogen and oxygen atoms in total. The number of nitrogens with one attached hydrogen (secondary N) is 1. The van der Waals surface area contributed by atoms with Crippen LogP contribution in [-0.2, 0) is 13.2 Å². The highest BCUT2D eigenvalue weighted by Gasteiger charge is 2.09. The molecule has 1 aromatic carbocycles. The van der Waals surface area contributed by atoms with Crippen molar-refractivity contribution in [3.63, 3.8) is 0 Å². The summed E-state index contributed by atoms with van der Waals surface area (Å²) in [6, 6.07) is 15.3. The number of fused-ring (bicyclic) bond motifs is 1. The van der Waals surface area contributed by atoms with Crippen molar-refractivity contribution in [1.82, 2.24) is 14.6 Å². The summed E-state index contributed by atoms with van der Waals surface area (Å²) in [5.74, 6) is 1.58. The summed E-state index contributed by atoms with van der Waals surface area (Å²) >= 11 is 0. The molecule has 0 aliphatic carbocycles. The highest BCUT2D eigenvalue weighted by Crippen LogP contribution is 2.22. The molecule has 0 aliphatic heterocycles. The van der Waals surface area contributed by atoms with Crippen LogP contribution < -0.4 is 5.32 Å². The largest absolute Gasteiger partial charge is 0.467 e. The highest BCUT2D eigenvalue weighted by molar-refractivity contribution is 5.64. The molecule has 4 aromatic rings. The summed E-state index contributed by atoms with van der Waals surface area (Å²) in [4.78, 5) is 4.39. The van der Waals surface area contributed by atoms with Crippen LogP contribution in [0.1, 0.15) is 11.3 Å². The van der Waals surface area contributed by atoms with Gasteiger partial charge in [0.25, 0.3) is 0 Å². The van der Waals surface area contributed by atoms with Crippen LogP contribution in [0, 0.1) is 0 Å². The molecule has 6 heteroatoms. The lowest BCUT2D eigenvalue weighted by molar-refractivity contribution is 0.282. The molecule has 0 aliphatic rings. The number of hydrogen-bond acceptors (Lipinski definition) is 5. The molecule has 0 fully saturated rings. The molecule has 24 heavy (non-hydrogen) atoms. The summed E-state index contributed by atoms with van der Waals surface area (Å²) in [5.41, 5.74) is 3.46. The van der Waals surface area contributed by atoms with Gasteiger partial charge in [0.1, 0.15) is 11.6 Å². The van der Waals surface area contributed by atoms with Gasteiger partial charge in [0.2, 0.25) is 0 Å². The van der Waals surface area contributed by atoms with Crippen molar-refractivity contribution >= 4 is 11.5 Å². The van der Waals surface area contributed by atoms with Crippen LogP contribution in [0.25, 0.3) is 16.9 Å². The second-order valence-corrected chi connectivity index (χ2v) is 5.42. The van der Waals surface area contributed by atoms with E-state index >= 15 is 0 Å². The normalized spacial score (nSPS) is 11.0. The van der Waals surface area contributed by atoms with Crippen LogP contribution in [-0.4, -0.2) is 19.7 Å². The maximum atomic E-state index is 9.32. The van der Waals surface area contributed by atoms with Crippen LogP contribution in [0.4, 0.5) is 5.82 Å². The Bertz CT molecular complexity index is 960. The Morgan fingerprint density at radius 3 is 2.92 bits per heavy atom. The minimum atomic E-state index is 0.00789. The number of nitrogens with zero attached hydrogens (tertiary/aromatic N) is 3. The lowest BCUT2D eigenvalue weighted by Crippen LogP contribution is -2.04. The molecule has 120 valence electrons. The minimum Gasteiger partial charge on any atom is -0.467 e. The zero-order valence-electron chi connectivity index (χ0n) is 12.9. The third kappa shape index (κ3) is 2.75. The highest BCUT2D eigenvalue weighted by atomic mass is 16.3. The summed E-state index contributed by atoms with van der Waals surface area (Å²) in [7, 11) is 0. The van der Waals surface area contributed by atoms with Crippen molar-refractivity contribution < 1.29 is 9.52 Å². The van der Waals surface area contributed by atoms with Gasteiger partial charge in [-0.2, -0.15) is 0 Å². The van der Waals surface area contributed by atoms with E-state index in [1.165, 1.54) is 0 Å². The van der Waals surface area contributed by atoms with Crippen LogP contribution in [0.2, 0.25) is 0 Å². The monoisotopic (exact) mass is 320 g/mol. The molecule has 0 amide bonds. The number of benzene rings is 1. The van der Waals surface area contributed by atoms with Crippen molar-refractivity contribution in [2.75, 3.05) is 5.32 Å². The van der Waals surface area contributed by atoms with E-state index in [1.807, 2.05) is 48.5 Å². The van der Waals surface area contributed by atoms with E-state index in [1.54, 1.807) is 17.0 Å². The van der Waals surface area contributed by atoms with E-state index in [0.29, 0.717) is 6.54 Å². The minimum absolute atomic E-state index is 0.00789. The number of imidazole rings is 1. The quantitative estimate of drug-likeness (QED) is 0.591.